The van der Waals surface area contributed by atoms with E-state index in [4.69, 9.17) is 0 Å². The number of nitrogens with zero attached hydrogens (tertiary/aromatic N) is 3. The number of rotatable bonds is 5. The highest BCUT2D eigenvalue weighted by molar-refractivity contribution is 5.42. The third kappa shape index (κ3) is 2.45. The lowest BCUT2D eigenvalue weighted by molar-refractivity contribution is 0.682. The van der Waals surface area contributed by atoms with E-state index in [9.17, 15) is 4.79 Å². The van der Waals surface area contributed by atoms with Crippen molar-refractivity contribution in [1.29, 1.82) is 0 Å². The van der Waals surface area contributed by atoms with Crippen LogP contribution in [0.4, 0.5) is 0 Å². The van der Waals surface area contributed by atoms with Crippen LogP contribution in [0.1, 0.15) is 6.92 Å². The SMILES string of the molecule is C=C(CNCC)Cn1ccn2nccc2c1=O. The van der Waals surface area contributed by atoms with E-state index < -0.39 is 0 Å². The summed E-state index contributed by atoms with van der Waals surface area (Å²) in [5.74, 6) is 0. The van der Waals surface area contributed by atoms with Crippen molar-refractivity contribution in [3.63, 3.8) is 0 Å². The fourth-order valence-electron chi connectivity index (χ4n) is 1.68. The summed E-state index contributed by atoms with van der Waals surface area (Å²) < 4.78 is 3.22. The summed E-state index contributed by atoms with van der Waals surface area (Å²) in [6.07, 6.45) is 5.13. The molecule has 2 rings (SSSR count). The summed E-state index contributed by atoms with van der Waals surface area (Å²) in [4.78, 5) is 12.0. The van der Waals surface area contributed by atoms with Crippen LogP contribution in [0.25, 0.3) is 5.52 Å². The van der Waals surface area contributed by atoms with Crippen molar-refractivity contribution in [1.82, 2.24) is 19.5 Å². The molecule has 1 N–H and O–H groups in total. The average molecular weight is 232 g/mol. The van der Waals surface area contributed by atoms with Crippen LogP contribution in [0.5, 0.6) is 0 Å². The Hall–Kier alpha value is -1.88. The van der Waals surface area contributed by atoms with Crippen molar-refractivity contribution in [3.8, 4) is 0 Å². The van der Waals surface area contributed by atoms with Crippen molar-refractivity contribution in [2.24, 2.45) is 0 Å². The van der Waals surface area contributed by atoms with Crippen LogP contribution in [0.3, 0.4) is 0 Å². The van der Waals surface area contributed by atoms with Gasteiger partial charge in [0.2, 0.25) is 0 Å². The number of hydrogen-bond donors (Lipinski definition) is 1. The fourth-order valence-corrected chi connectivity index (χ4v) is 1.68. The van der Waals surface area contributed by atoms with E-state index in [-0.39, 0.29) is 5.56 Å². The van der Waals surface area contributed by atoms with Crippen LogP contribution in [0.2, 0.25) is 0 Å². The van der Waals surface area contributed by atoms with Crippen LogP contribution in [-0.4, -0.2) is 27.3 Å². The van der Waals surface area contributed by atoms with E-state index >= 15 is 0 Å². The van der Waals surface area contributed by atoms with Crippen molar-refractivity contribution in [3.05, 3.63) is 47.2 Å². The highest BCUT2D eigenvalue weighted by Gasteiger charge is 2.03. The van der Waals surface area contributed by atoms with Crippen molar-refractivity contribution >= 4 is 5.52 Å². The van der Waals surface area contributed by atoms with E-state index in [1.807, 2.05) is 6.92 Å². The molecule has 90 valence electrons. The maximum absolute atomic E-state index is 12.0. The molecule has 0 spiro atoms. The van der Waals surface area contributed by atoms with Crippen LogP contribution in [0.15, 0.2) is 41.6 Å². The Morgan fingerprint density at radius 3 is 3.12 bits per heavy atom. The highest BCUT2D eigenvalue weighted by Crippen LogP contribution is 1.97. The minimum Gasteiger partial charge on any atom is -0.313 e. The van der Waals surface area contributed by atoms with Gasteiger partial charge in [-0.15, -0.1) is 0 Å². The fraction of sp³-hybridized carbons (Fsp3) is 0.333. The summed E-state index contributed by atoms with van der Waals surface area (Å²) in [6, 6.07) is 1.71. The standard InChI is InChI=1S/C12H16N4O/c1-3-13-8-10(2)9-15-6-7-16-11(12(15)17)4-5-14-16/h4-7,13H,2-3,8-9H2,1H3. The first-order valence-corrected chi connectivity index (χ1v) is 5.62. The maximum Gasteiger partial charge on any atom is 0.276 e. The topological polar surface area (TPSA) is 51.3 Å². The molecule has 0 amide bonds. The molecule has 0 fully saturated rings. The van der Waals surface area contributed by atoms with Gasteiger partial charge in [-0.2, -0.15) is 5.10 Å². The molecule has 2 heterocycles. The van der Waals surface area contributed by atoms with Gasteiger partial charge in [0.15, 0.2) is 0 Å². The molecule has 0 aromatic carbocycles. The summed E-state index contributed by atoms with van der Waals surface area (Å²) in [5.41, 5.74) is 1.53. The summed E-state index contributed by atoms with van der Waals surface area (Å²) in [5, 5.41) is 7.21. The molecule has 0 aliphatic heterocycles. The Morgan fingerprint density at radius 1 is 1.53 bits per heavy atom. The first kappa shape index (κ1) is 11.6. The van der Waals surface area contributed by atoms with Gasteiger partial charge in [0, 0.05) is 25.5 Å². The summed E-state index contributed by atoms with van der Waals surface area (Å²) in [7, 11) is 0. The monoisotopic (exact) mass is 232 g/mol. The van der Waals surface area contributed by atoms with Crippen LogP contribution >= 0.6 is 0 Å². The second-order valence-electron chi connectivity index (χ2n) is 3.92. The molecule has 5 heteroatoms. The van der Waals surface area contributed by atoms with Gasteiger partial charge in [0.25, 0.3) is 5.56 Å². The number of hydrogen-bond acceptors (Lipinski definition) is 3. The minimum absolute atomic E-state index is 0.0392. The van der Waals surface area contributed by atoms with E-state index in [1.165, 1.54) is 0 Å². The van der Waals surface area contributed by atoms with Gasteiger partial charge in [-0.1, -0.05) is 13.5 Å². The van der Waals surface area contributed by atoms with Gasteiger partial charge >= 0.3 is 0 Å². The predicted octanol–water partition coefficient (Wildman–Crippen LogP) is 0.662. The Labute approximate surface area is 99.4 Å². The molecule has 0 radical (unpaired) electrons. The molecule has 5 nitrogen and oxygen atoms in total. The maximum atomic E-state index is 12.0. The second-order valence-corrected chi connectivity index (χ2v) is 3.92. The Kier molecular flexibility index (Phi) is 3.39. The second kappa shape index (κ2) is 4.97. The lowest BCUT2D eigenvalue weighted by Gasteiger charge is -2.09. The van der Waals surface area contributed by atoms with Gasteiger partial charge < -0.3 is 9.88 Å². The zero-order valence-corrected chi connectivity index (χ0v) is 9.89. The van der Waals surface area contributed by atoms with E-state index in [2.05, 4.69) is 17.0 Å². The molecular formula is C12H16N4O. The molecule has 0 atom stereocenters. The van der Waals surface area contributed by atoms with Gasteiger partial charge in [-0.3, -0.25) is 4.79 Å². The first-order chi connectivity index (χ1) is 8.22. The minimum atomic E-state index is -0.0392. The number of nitrogens with one attached hydrogen (secondary N) is 1. The van der Waals surface area contributed by atoms with E-state index in [0.717, 1.165) is 18.7 Å². The molecule has 0 saturated carbocycles. The zero-order valence-electron chi connectivity index (χ0n) is 9.89. The Bertz CT molecular complexity index is 581. The zero-order chi connectivity index (χ0) is 12.3. The number of aromatic nitrogens is 3. The molecule has 0 aliphatic rings. The molecule has 0 saturated heterocycles. The van der Waals surface area contributed by atoms with E-state index in [1.54, 1.807) is 33.7 Å². The molecule has 2 aromatic heterocycles. The van der Waals surface area contributed by atoms with Crippen molar-refractivity contribution in [2.45, 2.75) is 13.5 Å². The number of fused-ring (bicyclic) bond motifs is 1. The third-order valence-electron chi connectivity index (χ3n) is 2.56. The first-order valence-electron chi connectivity index (χ1n) is 5.62. The number of likely N-dealkylation sites (N-methyl/N-ethyl adjacent to an activating group) is 1. The molecular weight excluding hydrogens is 216 g/mol. The van der Waals surface area contributed by atoms with Crippen LogP contribution in [0, 0.1) is 0 Å². The normalized spacial score (nSPS) is 10.9. The molecule has 2 aromatic rings. The van der Waals surface area contributed by atoms with Gasteiger partial charge in [-0.25, -0.2) is 4.52 Å². The lowest BCUT2D eigenvalue weighted by Crippen LogP contribution is -2.25. The Morgan fingerprint density at radius 2 is 2.35 bits per heavy atom. The van der Waals surface area contributed by atoms with Crippen molar-refractivity contribution < 1.29 is 0 Å². The van der Waals surface area contributed by atoms with Gasteiger partial charge in [0.1, 0.15) is 5.52 Å². The molecule has 17 heavy (non-hydrogen) atoms. The molecule has 0 aliphatic carbocycles. The lowest BCUT2D eigenvalue weighted by atomic mass is 10.3. The van der Waals surface area contributed by atoms with E-state index in [0.29, 0.717) is 12.1 Å². The molecule has 0 bridgehead atoms. The highest BCUT2D eigenvalue weighted by atomic mass is 16.1. The van der Waals surface area contributed by atoms with Crippen LogP contribution in [-0.2, 0) is 6.54 Å². The summed E-state index contributed by atoms with van der Waals surface area (Å²) >= 11 is 0. The van der Waals surface area contributed by atoms with Gasteiger partial charge in [0.05, 0.1) is 6.20 Å². The smallest absolute Gasteiger partial charge is 0.276 e. The van der Waals surface area contributed by atoms with Crippen LogP contribution < -0.4 is 10.9 Å². The quantitative estimate of drug-likeness (QED) is 0.771. The molecule has 0 unspecified atom stereocenters. The summed E-state index contributed by atoms with van der Waals surface area (Å²) in [6.45, 7) is 8.15. The van der Waals surface area contributed by atoms with Gasteiger partial charge in [-0.05, 0) is 18.2 Å². The largest absolute Gasteiger partial charge is 0.313 e. The van der Waals surface area contributed by atoms with Crippen molar-refractivity contribution in [2.75, 3.05) is 13.1 Å². The third-order valence-corrected chi connectivity index (χ3v) is 2.56. The average Bonchev–Trinajstić information content (AvgIpc) is 2.79. The predicted molar refractivity (Wildman–Crippen MR) is 67.1 cm³/mol. The Balaban J connectivity index is 2.21.